The second-order valence-corrected chi connectivity index (χ2v) is 5.83. The third-order valence-electron chi connectivity index (χ3n) is 4.12. The van der Waals surface area contributed by atoms with Crippen LogP contribution in [0.5, 0.6) is 5.75 Å². The van der Waals surface area contributed by atoms with Crippen molar-refractivity contribution in [2.24, 2.45) is 0 Å². The quantitative estimate of drug-likeness (QED) is 0.874. The second kappa shape index (κ2) is 8.02. The molecule has 1 atom stereocenters. The summed E-state index contributed by atoms with van der Waals surface area (Å²) in [6, 6.07) is 9.63. The van der Waals surface area contributed by atoms with E-state index in [0.29, 0.717) is 23.9 Å². The molecule has 1 aliphatic rings. The van der Waals surface area contributed by atoms with E-state index in [1.54, 1.807) is 24.3 Å². The molecule has 114 valence electrons. The van der Waals surface area contributed by atoms with Gasteiger partial charge in [-0.2, -0.15) is 5.26 Å². The van der Waals surface area contributed by atoms with Crippen molar-refractivity contribution in [2.75, 3.05) is 20.2 Å². The summed E-state index contributed by atoms with van der Waals surface area (Å²) >= 11 is 0. The number of aliphatic hydroxyl groups excluding tert-OH is 1. The highest BCUT2D eigenvalue weighted by molar-refractivity contribution is 5.34. The maximum atomic E-state index is 10.1. The van der Waals surface area contributed by atoms with Crippen LogP contribution < -0.4 is 4.74 Å². The molecule has 2 rings (SSSR count). The minimum absolute atomic E-state index is 0.281. The highest BCUT2D eigenvalue weighted by Gasteiger charge is 2.20. The van der Waals surface area contributed by atoms with Gasteiger partial charge in [-0.15, -0.1) is 0 Å². The van der Waals surface area contributed by atoms with E-state index in [-0.39, 0.29) is 6.61 Å². The van der Waals surface area contributed by atoms with Crippen molar-refractivity contribution in [3.05, 3.63) is 29.8 Å². The number of hydrogen-bond donors (Lipinski definition) is 1. The number of aliphatic hydroxyl groups is 1. The third kappa shape index (κ3) is 5.04. The fourth-order valence-corrected chi connectivity index (χ4v) is 2.87. The van der Waals surface area contributed by atoms with Gasteiger partial charge < -0.3 is 14.7 Å². The summed E-state index contributed by atoms with van der Waals surface area (Å²) in [6.07, 6.45) is 5.92. The zero-order chi connectivity index (χ0) is 15.1. The van der Waals surface area contributed by atoms with Crippen molar-refractivity contribution in [2.45, 2.75) is 44.2 Å². The lowest BCUT2D eigenvalue weighted by Gasteiger charge is -2.32. The van der Waals surface area contributed by atoms with Crippen molar-refractivity contribution in [3.8, 4) is 11.8 Å². The Bertz CT molecular complexity index is 461. The Morgan fingerprint density at radius 3 is 2.57 bits per heavy atom. The van der Waals surface area contributed by atoms with Crippen molar-refractivity contribution >= 4 is 0 Å². The molecule has 4 heteroatoms. The molecule has 1 aromatic carbocycles. The number of nitrogens with zero attached hydrogens (tertiary/aromatic N) is 2. The van der Waals surface area contributed by atoms with Gasteiger partial charge in [0.15, 0.2) is 0 Å². The minimum Gasteiger partial charge on any atom is -0.491 e. The van der Waals surface area contributed by atoms with Crippen molar-refractivity contribution in [1.82, 2.24) is 4.90 Å². The van der Waals surface area contributed by atoms with Gasteiger partial charge in [0.25, 0.3) is 0 Å². The van der Waals surface area contributed by atoms with Crippen LogP contribution in [0.3, 0.4) is 0 Å². The molecule has 1 unspecified atom stereocenters. The summed E-state index contributed by atoms with van der Waals surface area (Å²) in [6.45, 7) is 0.921. The van der Waals surface area contributed by atoms with Gasteiger partial charge in [-0.1, -0.05) is 19.3 Å². The van der Waals surface area contributed by atoms with E-state index in [4.69, 9.17) is 10.00 Å². The molecule has 0 radical (unpaired) electrons. The number of nitriles is 1. The number of likely N-dealkylation sites (N-methyl/N-ethyl adjacent to an activating group) is 1. The minimum atomic E-state index is -0.493. The monoisotopic (exact) mass is 288 g/mol. The summed E-state index contributed by atoms with van der Waals surface area (Å²) in [5.41, 5.74) is 0.611. The van der Waals surface area contributed by atoms with Gasteiger partial charge in [-0.05, 0) is 44.2 Å². The Labute approximate surface area is 127 Å². The smallest absolute Gasteiger partial charge is 0.119 e. The topological polar surface area (TPSA) is 56.5 Å². The number of benzene rings is 1. The van der Waals surface area contributed by atoms with E-state index in [9.17, 15) is 5.11 Å². The molecule has 0 saturated heterocycles. The Kier molecular flexibility index (Phi) is 6.04. The molecule has 4 nitrogen and oxygen atoms in total. The van der Waals surface area contributed by atoms with Crippen LogP contribution in [0.2, 0.25) is 0 Å². The molecule has 0 amide bonds. The fraction of sp³-hybridized carbons (Fsp3) is 0.588. The van der Waals surface area contributed by atoms with Gasteiger partial charge in [0, 0.05) is 12.6 Å². The van der Waals surface area contributed by atoms with E-state index in [1.165, 1.54) is 32.1 Å². The second-order valence-electron chi connectivity index (χ2n) is 5.83. The fourth-order valence-electron chi connectivity index (χ4n) is 2.87. The lowest BCUT2D eigenvalue weighted by Crippen LogP contribution is -2.40. The number of ether oxygens (including phenoxy) is 1. The van der Waals surface area contributed by atoms with E-state index in [0.717, 1.165) is 0 Å². The van der Waals surface area contributed by atoms with Gasteiger partial charge in [0.05, 0.1) is 11.6 Å². The van der Waals surface area contributed by atoms with Crippen LogP contribution in [0.4, 0.5) is 0 Å². The highest BCUT2D eigenvalue weighted by Crippen LogP contribution is 2.21. The Morgan fingerprint density at radius 1 is 1.29 bits per heavy atom. The normalized spacial score (nSPS) is 17.4. The van der Waals surface area contributed by atoms with Crippen LogP contribution in [0, 0.1) is 11.3 Å². The predicted molar refractivity (Wildman–Crippen MR) is 82.2 cm³/mol. The number of rotatable bonds is 6. The molecule has 0 heterocycles. The maximum absolute atomic E-state index is 10.1. The van der Waals surface area contributed by atoms with E-state index < -0.39 is 6.10 Å². The van der Waals surface area contributed by atoms with Gasteiger partial charge >= 0.3 is 0 Å². The molecule has 0 spiro atoms. The van der Waals surface area contributed by atoms with Gasteiger partial charge in [-0.25, -0.2) is 0 Å². The summed E-state index contributed by atoms with van der Waals surface area (Å²) in [4.78, 5) is 2.26. The lowest BCUT2D eigenvalue weighted by molar-refractivity contribution is 0.0561. The van der Waals surface area contributed by atoms with Gasteiger partial charge in [0.2, 0.25) is 0 Å². The number of hydrogen-bond acceptors (Lipinski definition) is 4. The van der Waals surface area contributed by atoms with Crippen molar-refractivity contribution in [3.63, 3.8) is 0 Å². The molecule has 0 aromatic heterocycles. The lowest BCUT2D eigenvalue weighted by atomic mass is 9.94. The molecule has 1 saturated carbocycles. The molecule has 0 aliphatic heterocycles. The van der Waals surface area contributed by atoms with Crippen LogP contribution in [-0.2, 0) is 0 Å². The zero-order valence-electron chi connectivity index (χ0n) is 12.7. The summed E-state index contributed by atoms with van der Waals surface area (Å²) < 4.78 is 5.57. The van der Waals surface area contributed by atoms with E-state index in [1.807, 2.05) is 0 Å². The Balaban J connectivity index is 1.73. The average Bonchev–Trinajstić information content (AvgIpc) is 2.54. The predicted octanol–water partition coefficient (Wildman–Crippen LogP) is 2.56. The SMILES string of the molecule is CN(CC(O)COc1ccc(C#N)cc1)C1CCCCC1. The first-order valence-corrected chi connectivity index (χ1v) is 7.70. The van der Waals surface area contributed by atoms with Crippen molar-refractivity contribution in [1.29, 1.82) is 5.26 Å². The van der Waals surface area contributed by atoms with Crippen LogP contribution in [0.25, 0.3) is 0 Å². The van der Waals surface area contributed by atoms with Gasteiger partial charge in [-0.3, -0.25) is 0 Å². The Hall–Kier alpha value is -1.57. The first-order chi connectivity index (χ1) is 10.2. The highest BCUT2D eigenvalue weighted by atomic mass is 16.5. The molecule has 0 bridgehead atoms. The molecular formula is C17H24N2O2. The summed E-state index contributed by atoms with van der Waals surface area (Å²) in [5, 5.41) is 18.8. The van der Waals surface area contributed by atoms with Crippen LogP contribution in [-0.4, -0.2) is 42.4 Å². The Morgan fingerprint density at radius 2 is 1.95 bits per heavy atom. The first-order valence-electron chi connectivity index (χ1n) is 7.70. The largest absolute Gasteiger partial charge is 0.491 e. The van der Waals surface area contributed by atoms with Crippen molar-refractivity contribution < 1.29 is 9.84 Å². The molecule has 1 aliphatic carbocycles. The standard InChI is InChI=1S/C17H24N2O2/c1-19(15-5-3-2-4-6-15)12-16(20)13-21-17-9-7-14(11-18)8-10-17/h7-10,15-16,20H,2-6,12-13H2,1H3. The zero-order valence-corrected chi connectivity index (χ0v) is 12.7. The average molecular weight is 288 g/mol. The molecular weight excluding hydrogens is 264 g/mol. The van der Waals surface area contributed by atoms with Crippen LogP contribution >= 0.6 is 0 Å². The van der Waals surface area contributed by atoms with E-state index >= 15 is 0 Å². The summed E-state index contributed by atoms with van der Waals surface area (Å²) in [5.74, 6) is 0.688. The molecule has 1 N–H and O–H groups in total. The maximum Gasteiger partial charge on any atom is 0.119 e. The van der Waals surface area contributed by atoms with E-state index in [2.05, 4.69) is 18.0 Å². The van der Waals surface area contributed by atoms with Gasteiger partial charge in [0.1, 0.15) is 18.5 Å². The third-order valence-corrected chi connectivity index (χ3v) is 4.12. The van der Waals surface area contributed by atoms with Crippen LogP contribution in [0.15, 0.2) is 24.3 Å². The first kappa shape index (κ1) is 15.8. The molecule has 21 heavy (non-hydrogen) atoms. The molecule has 1 aromatic rings. The molecule has 1 fully saturated rings. The van der Waals surface area contributed by atoms with Crippen LogP contribution in [0.1, 0.15) is 37.7 Å². The summed E-state index contributed by atoms with van der Waals surface area (Å²) in [7, 11) is 2.08.